The third-order valence-electron chi connectivity index (χ3n) is 3.28. The van der Waals surface area contributed by atoms with Gasteiger partial charge in [-0.1, -0.05) is 6.07 Å². The van der Waals surface area contributed by atoms with E-state index in [4.69, 9.17) is 11.6 Å². The second-order valence-corrected chi connectivity index (χ2v) is 7.25. The molecule has 1 N–H and O–H groups in total. The largest absolute Gasteiger partial charge is 0.281 e. The van der Waals surface area contributed by atoms with Crippen LogP contribution in [0.2, 0.25) is 0 Å². The molecule has 0 aliphatic carbocycles. The maximum atomic E-state index is 12.8. The second-order valence-electron chi connectivity index (χ2n) is 5.08. The van der Waals surface area contributed by atoms with Crippen molar-refractivity contribution in [3.8, 4) is 0 Å². The van der Waals surface area contributed by atoms with E-state index in [2.05, 4.69) is 10.2 Å². The highest BCUT2D eigenvalue weighted by Crippen LogP contribution is 2.27. The van der Waals surface area contributed by atoms with Crippen LogP contribution in [0.5, 0.6) is 0 Å². The first kappa shape index (κ1) is 15.9. The van der Waals surface area contributed by atoms with E-state index < -0.39 is 10.0 Å². The van der Waals surface area contributed by atoms with Gasteiger partial charge in [0, 0.05) is 7.05 Å². The first-order valence-corrected chi connectivity index (χ1v) is 8.42. The average molecular weight is 328 g/mol. The van der Waals surface area contributed by atoms with Crippen LogP contribution in [-0.4, -0.2) is 25.7 Å². The molecule has 114 valence electrons. The Morgan fingerprint density at radius 1 is 1.19 bits per heavy atom. The summed E-state index contributed by atoms with van der Waals surface area (Å²) >= 11 is 5.79. The lowest BCUT2D eigenvalue weighted by Gasteiger charge is -2.20. The molecule has 0 spiro atoms. The number of sulfonamides is 1. The van der Waals surface area contributed by atoms with Gasteiger partial charge < -0.3 is 0 Å². The van der Waals surface area contributed by atoms with Gasteiger partial charge in [-0.05, 0) is 44.0 Å². The molecule has 0 saturated heterocycles. The van der Waals surface area contributed by atoms with Crippen molar-refractivity contribution in [2.24, 2.45) is 0 Å². The SMILES string of the molecule is Cc1cc(C)cc(N(C)S(=O)(=O)c2c(CCl)n[nH]c2C)c1. The van der Waals surface area contributed by atoms with Gasteiger partial charge in [-0.25, -0.2) is 8.42 Å². The summed E-state index contributed by atoms with van der Waals surface area (Å²) in [7, 11) is -2.16. The Morgan fingerprint density at radius 2 is 1.76 bits per heavy atom. The minimum Gasteiger partial charge on any atom is -0.281 e. The predicted molar refractivity (Wildman–Crippen MR) is 84.4 cm³/mol. The summed E-state index contributed by atoms with van der Waals surface area (Å²) in [5.74, 6) is 0.0413. The Morgan fingerprint density at radius 3 is 2.29 bits per heavy atom. The molecule has 21 heavy (non-hydrogen) atoms. The lowest BCUT2D eigenvalue weighted by molar-refractivity contribution is 0.593. The lowest BCUT2D eigenvalue weighted by Crippen LogP contribution is -2.27. The Labute approximate surface area is 130 Å². The van der Waals surface area contributed by atoms with Crippen molar-refractivity contribution in [2.75, 3.05) is 11.4 Å². The number of H-pyrrole nitrogens is 1. The zero-order chi connectivity index (χ0) is 15.8. The molecule has 0 aliphatic heterocycles. The minimum absolute atomic E-state index is 0.0413. The third kappa shape index (κ3) is 2.91. The van der Waals surface area contributed by atoms with E-state index in [9.17, 15) is 8.42 Å². The molecule has 5 nitrogen and oxygen atoms in total. The van der Waals surface area contributed by atoms with E-state index in [-0.39, 0.29) is 10.8 Å². The number of aromatic nitrogens is 2. The number of nitrogens with zero attached hydrogens (tertiary/aromatic N) is 2. The van der Waals surface area contributed by atoms with Crippen LogP contribution in [0, 0.1) is 20.8 Å². The summed E-state index contributed by atoms with van der Waals surface area (Å²) in [4.78, 5) is 0.152. The molecule has 2 rings (SSSR count). The van der Waals surface area contributed by atoms with Crippen molar-refractivity contribution in [1.29, 1.82) is 0 Å². The zero-order valence-corrected chi connectivity index (χ0v) is 14.0. The number of hydrogen-bond acceptors (Lipinski definition) is 3. The Bertz CT molecular complexity index is 748. The molecule has 1 aromatic heterocycles. The predicted octanol–water partition coefficient (Wildman–Crippen LogP) is 2.90. The molecule has 0 aliphatic rings. The van der Waals surface area contributed by atoms with Crippen LogP contribution < -0.4 is 4.31 Å². The fourth-order valence-electron chi connectivity index (χ4n) is 2.31. The van der Waals surface area contributed by atoms with Crippen LogP contribution in [0.3, 0.4) is 0 Å². The van der Waals surface area contributed by atoms with E-state index >= 15 is 0 Å². The van der Waals surface area contributed by atoms with Crippen molar-refractivity contribution in [3.05, 3.63) is 40.7 Å². The number of hydrogen-bond donors (Lipinski definition) is 1. The Hall–Kier alpha value is -1.53. The van der Waals surface area contributed by atoms with Crippen LogP contribution in [0.1, 0.15) is 22.5 Å². The van der Waals surface area contributed by atoms with Gasteiger partial charge >= 0.3 is 0 Å². The molecule has 1 aromatic carbocycles. The molecule has 2 aromatic rings. The molecule has 0 bridgehead atoms. The first-order chi connectivity index (χ1) is 9.77. The minimum atomic E-state index is -3.70. The molecular weight excluding hydrogens is 310 g/mol. The monoisotopic (exact) mass is 327 g/mol. The number of aryl methyl sites for hydroxylation is 3. The Kier molecular flexibility index (Phi) is 4.30. The van der Waals surface area contributed by atoms with Gasteiger partial charge in [-0.15, -0.1) is 11.6 Å². The fraction of sp³-hybridized carbons (Fsp3) is 0.357. The van der Waals surface area contributed by atoms with Crippen molar-refractivity contribution in [3.63, 3.8) is 0 Å². The van der Waals surface area contributed by atoms with Crippen molar-refractivity contribution < 1.29 is 8.42 Å². The number of rotatable bonds is 4. The van der Waals surface area contributed by atoms with Crippen molar-refractivity contribution in [2.45, 2.75) is 31.5 Å². The molecule has 0 radical (unpaired) electrons. The topological polar surface area (TPSA) is 66.1 Å². The van der Waals surface area contributed by atoms with Crippen LogP contribution in [0.15, 0.2) is 23.1 Å². The second kappa shape index (κ2) is 5.69. The van der Waals surface area contributed by atoms with Crippen LogP contribution >= 0.6 is 11.6 Å². The molecule has 1 heterocycles. The van der Waals surface area contributed by atoms with E-state index in [1.807, 2.05) is 32.0 Å². The molecule has 0 atom stereocenters. The summed E-state index contributed by atoms with van der Waals surface area (Å²) in [6, 6.07) is 5.66. The number of nitrogens with one attached hydrogen (secondary N) is 1. The maximum absolute atomic E-state index is 12.8. The van der Waals surface area contributed by atoms with Gasteiger partial charge in [0.2, 0.25) is 0 Å². The molecule has 0 amide bonds. The highest BCUT2D eigenvalue weighted by Gasteiger charge is 2.28. The van der Waals surface area contributed by atoms with Gasteiger partial charge in [0.25, 0.3) is 10.0 Å². The highest BCUT2D eigenvalue weighted by molar-refractivity contribution is 7.92. The molecule has 0 unspecified atom stereocenters. The summed E-state index contributed by atoms with van der Waals surface area (Å²) in [5.41, 5.74) is 3.46. The summed E-state index contributed by atoms with van der Waals surface area (Å²) in [5, 5.41) is 6.63. The van der Waals surface area contributed by atoms with Crippen LogP contribution in [-0.2, 0) is 15.9 Å². The zero-order valence-electron chi connectivity index (χ0n) is 12.4. The molecular formula is C14H18ClN3O2S. The van der Waals surface area contributed by atoms with Gasteiger partial charge in [-0.2, -0.15) is 5.10 Å². The van der Waals surface area contributed by atoms with E-state index in [0.29, 0.717) is 17.1 Å². The third-order valence-corrected chi connectivity index (χ3v) is 5.52. The number of halogens is 1. The van der Waals surface area contributed by atoms with Gasteiger partial charge in [-0.3, -0.25) is 9.40 Å². The molecule has 0 saturated carbocycles. The quantitative estimate of drug-likeness (QED) is 0.878. The molecule has 0 fully saturated rings. The summed E-state index contributed by atoms with van der Waals surface area (Å²) in [6.45, 7) is 5.54. The number of aromatic amines is 1. The van der Waals surface area contributed by atoms with Crippen molar-refractivity contribution in [1.82, 2.24) is 10.2 Å². The Balaban J connectivity index is 2.55. The smallest absolute Gasteiger partial charge is 0.267 e. The standard InChI is InChI=1S/C14H18ClN3O2S/c1-9-5-10(2)7-12(6-9)18(4)21(19,20)14-11(3)16-17-13(14)8-15/h5-7H,8H2,1-4H3,(H,16,17). The first-order valence-electron chi connectivity index (χ1n) is 6.44. The van der Waals surface area contributed by atoms with Gasteiger partial charge in [0.15, 0.2) is 0 Å². The van der Waals surface area contributed by atoms with Crippen molar-refractivity contribution >= 4 is 27.3 Å². The molecule has 7 heteroatoms. The number of alkyl halides is 1. The number of anilines is 1. The van der Waals surface area contributed by atoms with Gasteiger partial charge in [0.1, 0.15) is 4.90 Å². The summed E-state index contributed by atoms with van der Waals surface area (Å²) < 4.78 is 26.9. The summed E-state index contributed by atoms with van der Waals surface area (Å²) in [6.07, 6.45) is 0. The van der Waals surface area contributed by atoms with Crippen LogP contribution in [0.25, 0.3) is 0 Å². The normalized spacial score (nSPS) is 11.7. The van der Waals surface area contributed by atoms with E-state index in [1.165, 1.54) is 11.4 Å². The number of benzene rings is 1. The average Bonchev–Trinajstić information content (AvgIpc) is 2.78. The lowest BCUT2D eigenvalue weighted by atomic mass is 10.1. The van der Waals surface area contributed by atoms with Gasteiger partial charge in [0.05, 0.1) is 23.0 Å². The van der Waals surface area contributed by atoms with Crippen LogP contribution in [0.4, 0.5) is 5.69 Å². The van der Waals surface area contributed by atoms with E-state index in [1.54, 1.807) is 6.92 Å². The maximum Gasteiger partial charge on any atom is 0.267 e. The van der Waals surface area contributed by atoms with E-state index in [0.717, 1.165) is 11.1 Å². The highest BCUT2D eigenvalue weighted by atomic mass is 35.5. The fourth-order valence-corrected chi connectivity index (χ4v) is 4.09.